The Morgan fingerprint density at radius 2 is 1.13 bits per heavy atom. The third-order valence-electron chi connectivity index (χ3n) is 8.39. The van der Waals surface area contributed by atoms with Crippen molar-refractivity contribution in [3.63, 3.8) is 0 Å². The van der Waals surface area contributed by atoms with Crippen molar-refractivity contribution < 1.29 is 9.59 Å². The maximum absolute atomic E-state index is 14.5. The lowest BCUT2D eigenvalue weighted by atomic mass is 9.91. The van der Waals surface area contributed by atoms with E-state index in [0.29, 0.717) is 17.7 Å². The quantitative estimate of drug-likeness (QED) is 0.160. The highest BCUT2D eigenvalue weighted by atomic mass is 79.9. The van der Waals surface area contributed by atoms with Gasteiger partial charge in [-0.1, -0.05) is 92.2 Å². The van der Waals surface area contributed by atoms with E-state index in [1.165, 1.54) is 4.90 Å². The average molecular weight is 659 g/mol. The molecule has 6 heteroatoms. The molecule has 6 rings (SSSR count). The van der Waals surface area contributed by atoms with Gasteiger partial charge >= 0.3 is 0 Å². The lowest BCUT2D eigenvalue weighted by Gasteiger charge is -2.40. The van der Waals surface area contributed by atoms with E-state index in [-0.39, 0.29) is 17.7 Å². The number of para-hydroxylation sites is 5. The molecule has 45 heavy (non-hydrogen) atoms. The van der Waals surface area contributed by atoms with Crippen molar-refractivity contribution in [2.45, 2.75) is 46.5 Å². The van der Waals surface area contributed by atoms with Gasteiger partial charge in [0.2, 0.25) is 6.41 Å². The third kappa shape index (κ3) is 5.44. The molecule has 1 aliphatic heterocycles. The number of rotatable bonds is 7. The number of aryl methyl sites for hydroxylation is 1. The molecule has 5 aromatic carbocycles. The zero-order valence-corrected chi connectivity index (χ0v) is 27.7. The molecule has 0 aromatic heterocycles. The van der Waals surface area contributed by atoms with E-state index >= 15 is 0 Å². The van der Waals surface area contributed by atoms with Gasteiger partial charge in [0.15, 0.2) is 0 Å². The number of amides is 2. The van der Waals surface area contributed by atoms with Crippen molar-refractivity contribution in [1.29, 1.82) is 0 Å². The van der Waals surface area contributed by atoms with Gasteiger partial charge in [-0.05, 0) is 96.1 Å². The van der Waals surface area contributed by atoms with E-state index in [1.807, 2.05) is 79.7 Å². The first-order valence-electron chi connectivity index (χ1n) is 15.3. The lowest BCUT2D eigenvalue weighted by Crippen LogP contribution is -2.32. The van der Waals surface area contributed by atoms with Crippen LogP contribution in [0.1, 0.15) is 66.6 Å². The number of halogens is 1. The first-order valence-corrected chi connectivity index (χ1v) is 16.1. The van der Waals surface area contributed by atoms with Crippen molar-refractivity contribution in [3.8, 4) is 0 Å². The van der Waals surface area contributed by atoms with E-state index in [1.54, 1.807) is 0 Å². The highest BCUT2D eigenvalue weighted by Crippen LogP contribution is 2.54. The molecule has 0 saturated heterocycles. The number of imide groups is 1. The molecule has 1 aliphatic rings. The summed E-state index contributed by atoms with van der Waals surface area (Å²) < 4.78 is 0.933. The first-order chi connectivity index (χ1) is 21.7. The molecule has 0 unspecified atom stereocenters. The summed E-state index contributed by atoms with van der Waals surface area (Å²) in [6.45, 7) is 10.2. The highest BCUT2D eigenvalue weighted by Gasteiger charge is 2.32. The van der Waals surface area contributed by atoms with Gasteiger partial charge in [0, 0.05) is 21.4 Å². The molecule has 0 spiro atoms. The zero-order chi connectivity index (χ0) is 31.8. The Morgan fingerprint density at radius 3 is 1.60 bits per heavy atom. The molecule has 5 nitrogen and oxygen atoms in total. The fraction of sp³-hybridized carbons (Fsp3) is 0.179. The minimum Gasteiger partial charge on any atom is -0.306 e. The largest absolute Gasteiger partial charge is 0.306 e. The van der Waals surface area contributed by atoms with Crippen LogP contribution in [0.25, 0.3) is 0 Å². The monoisotopic (exact) mass is 657 g/mol. The lowest BCUT2D eigenvalue weighted by molar-refractivity contribution is -0.107. The third-order valence-corrected chi connectivity index (χ3v) is 8.85. The molecule has 1 heterocycles. The number of benzene rings is 5. The van der Waals surface area contributed by atoms with Crippen molar-refractivity contribution in [2.24, 2.45) is 0 Å². The molecule has 0 saturated carbocycles. The number of hydrogen-bond acceptors (Lipinski definition) is 4. The van der Waals surface area contributed by atoms with E-state index in [2.05, 4.69) is 89.8 Å². The summed E-state index contributed by atoms with van der Waals surface area (Å²) in [6, 6.07) is 36.9. The maximum atomic E-state index is 14.5. The van der Waals surface area contributed by atoms with Gasteiger partial charge in [-0.3, -0.25) is 9.59 Å². The second-order valence-corrected chi connectivity index (χ2v) is 12.9. The standard InChI is InChI=1S/C39H36BrN3O2/c1-25(2)31-21-28(40)22-32(26(3)4)38(31)41(24-44)39(45)33-23-30(20-19-27(33)5)43-36-17-11-9-15-34(36)42(29-13-7-6-8-14-29)35-16-10-12-18-37(35)43/h6-26H,1-5H3. The Balaban J connectivity index is 1.50. The highest BCUT2D eigenvalue weighted by molar-refractivity contribution is 9.10. The number of hydrogen-bond donors (Lipinski definition) is 0. The molecule has 0 aliphatic carbocycles. The van der Waals surface area contributed by atoms with Crippen LogP contribution in [0, 0.1) is 6.92 Å². The predicted octanol–water partition coefficient (Wildman–Crippen LogP) is 11.1. The maximum Gasteiger partial charge on any atom is 0.265 e. The summed E-state index contributed by atoms with van der Waals surface area (Å²) in [6.07, 6.45) is 0.665. The van der Waals surface area contributed by atoms with Crippen LogP contribution < -0.4 is 14.7 Å². The molecule has 2 amide bonds. The van der Waals surface area contributed by atoms with Crippen LogP contribution in [0.3, 0.4) is 0 Å². The molecule has 0 fully saturated rings. The molecular weight excluding hydrogens is 622 g/mol. The summed E-state index contributed by atoms with van der Waals surface area (Å²) in [4.78, 5) is 33.1. The minimum absolute atomic E-state index is 0.103. The van der Waals surface area contributed by atoms with Gasteiger partial charge in [-0.25, -0.2) is 4.90 Å². The molecule has 0 radical (unpaired) electrons. The number of fused-ring (bicyclic) bond motifs is 2. The predicted molar refractivity (Wildman–Crippen MR) is 189 cm³/mol. The van der Waals surface area contributed by atoms with Crippen LogP contribution in [0.15, 0.2) is 114 Å². The van der Waals surface area contributed by atoms with Crippen molar-refractivity contribution >= 4 is 68.1 Å². The zero-order valence-electron chi connectivity index (χ0n) is 26.2. The minimum atomic E-state index is -0.347. The van der Waals surface area contributed by atoms with Gasteiger partial charge in [0.1, 0.15) is 0 Å². The Labute approximate surface area is 273 Å². The van der Waals surface area contributed by atoms with Gasteiger partial charge < -0.3 is 9.80 Å². The Hall–Kier alpha value is -4.68. The number of nitrogens with zero attached hydrogens (tertiary/aromatic N) is 3. The SMILES string of the molecule is Cc1ccc(N2c3ccccc3N(c3ccccc3)c3ccccc32)cc1C(=O)N(C=O)c1c(C(C)C)cc(Br)cc1C(C)C. The Bertz CT molecular complexity index is 1820. The van der Waals surface area contributed by atoms with Crippen LogP contribution in [0.4, 0.5) is 39.8 Å². The Kier molecular flexibility index (Phi) is 8.34. The van der Waals surface area contributed by atoms with Crippen LogP contribution in [0.5, 0.6) is 0 Å². The smallest absolute Gasteiger partial charge is 0.265 e. The summed E-state index contributed by atoms with van der Waals surface area (Å²) in [5.74, 6) is -0.141. The summed E-state index contributed by atoms with van der Waals surface area (Å²) in [5, 5.41) is 0. The van der Waals surface area contributed by atoms with E-state index in [0.717, 1.165) is 55.3 Å². The van der Waals surface area contributed by atoms with Gasteiger partial charge in [0.05, 0.1) is 28.4 Å². The molecular formula is C39H36BrN3O2. The van der Waals surface area contributed by atoms with Crippen molar-refractivity contribution in [2.75, 3.05) is 14.7 Å². The van der Waals surface area contributed by atoms with Crippen molar-refractivity contribution in [1.82, 2.24) is 0 Å². The number of carbonyl (C=O) groups excluding carboxylic acids is 2. The first kappa shape index (κ1) is 30.4. The summed E-state index contributed by atoms with van der Waals surface area (Å²) in [5.41, 5.74) is 9.79. The van der Waals surface area contributed by atoms with E-state index in [9.17, 15) is 9.59 Å². The number of anilines is 7. The van der Waals surface area contributed by atoms with Crippen LogP contribution in [-0.2, 0) is 4.79 Å². The van der Waals surface area contributed by atoms with Gasteiger partial charge in [-0.15, -0.1) is 0 Å². The molecule has 226 valence electrons. The van der Waals surface area contributed by atoms with Crippen LogP contribution >= 0.6 is 15.9 Å². The summed E-state index contributed by atoms with van der Waals surface area (Å²) >= 11 is 3.65. The molecule has 0 N–H and O–H groups in total. The second kappa shape index (κ2) is 12.4. The molecule has 5 aromatic rings. The second-order valence-electron chi connectivity index (χ2n) is 12.0. The van der Waals surface area contributed by atoms with Crippen LogP contribution in [-0.4, -0.2) is 12.3 Å². The molecule has 0 bridgehead atoms. The van der Waals surface area contributed by atoms with E-state index < -0.39 is 0 Å². The fourth-order valence-electron chi connectivity index (χ4n) is 6.19. The van der Waals surface area contributed by atoms with Crippen LogP contribution in [0.2, 0.25) is 0 Å². The summed E-state index contributed by atoms with van der Waals surface area (Å²) in [7, 11) is 0. The molecule has 0 atom stereocenters. The normalized spacial score (nSPS) is 12.3. The fourth-order valence-corrected chi connectivity index (χ4v) is 6.68. The van der Waals surface area contributed by atoms with E-state index in [4.69, 9.17) is 0 Å². The average Bonchev–Trinajstić information content (AvgIpc) is 3.04. The van der Waals surface area contributed by atoms with Crippen molar-refractivity contribution in [3.05, 3.63) is 136 Å². The number of carbonyl (C=O) groups is 2. The topological polar surface area (TPSA) is 43.9 Å². The van der Waals surface area contributed by atoms with Gasteiger partial charge in [-0.2, -0.15) is 0 Å². The Morgan fingerprint density at radius 1 is 0.667 bits per heavy atom. The van der Waals surface area contributed by atoms with Gasteiger partial charge in [0.25, 0.3) is 5.91 Å².